The van der Waals surface area contributed by atoms with Gasteiger partial charge >= 0.3 is 0 Å². The lowest BCUT2D eigenvalue weighted by Gasteiger charge is -2.33. The van der Waals surface area contributed by atoms with Crippen molar-refractivity contribution in [1.29, 1.82) is 0 Å². The summed E-state index contributed by atoms with van der Waals surface area (Å²) >= 11 is 1.29. The fourth-order valence-corrected chi connectivity index (χ4v) is 3.65. The van der Waals surface area contributed by atoms with Crippen LogP contribution in [0, 0.1) is 6.92 Å². The van der Waals surface area contributed by atoms with Gasteiger partial charge in [0.2, 0.25) is 17.7 Å². The molecule has 1 aromatic rings. The molecular weight excluding hydrogens is 368 g/mol. The van der Waals surface area contributed by atoms with Crippen molar-refractivity contribution in [1.82, 2.24) is 15.4 Å². The van der Waals surface area contributed by atoms with Gasteiger partial charge in [-0.15, -0.1) is 11.8 Å². The number of aromatic nitrogens is 1. The molecule has 1 aliphatic heterocycles. The van der Waals surface area contributed by atoms with E-state index in [4.69, 9.17) is 4.52 Å². The number of nitrogens with zero attached hydrogens (tertiary/aromatic N) is 2. The molecule has 9 heteroatoms. The summed E-state index contributed by atoms with van der Waals surface area (Å²) in [6, 6.07) is 1.66. The van der Waals surface area contributed by atoms with Gasteiger partial charge in [-0.3, -0.25) is 14.4 Å². The maximum atomic E-state index is 12.5. The van der Waals surface area contributed by atoms with Gasteiger partial charge in [0.15, 0.2) is 5.82 Å². The molecule has 0 aliphatic carbocycles. The van der Waals surface area contributed by atoms with Gasteiger partial charge in [-0.25, -0.2) is 0 Å². The predicted molar refractivity (Wildman–Crippen MR) is 104 cm³/mol. The van der Waals surface area contributed by atoms with E-state index in [0.717, 1.165) is 19.3 Å². The Morgan fingerprint density at radius 1 is 1.44 bits per heavy atom. The van der Waals surface area contributed by atoms with Crippen LogP contribution in [-0.4, -0.2) is 57.9 Å². The second-order valence-electron chi connectivity index (χ2n) is 6.76. The van der Waals surface area contributed by atoms with Crippen molar-refractivity contribution in [2.24, 2.45) is 0 Å². The second kappa shape index (κ2) is 10.3. The summed E-state index contributed by atoms with van der Waals surface area (Å²) in [6.45, 7) is 6.70. The quantitative estimate of drug-likeness (QED) is 0.696. The van der Waals surface area contributed by atoms with E-state index in [-0.39, 0.29) is 29.5 Å². The first-order valence-corrected chi connectivity index (χ1v) is 10.4. The van der Waals surface area contributed by atoms with E-state index in [1.54, 1.807) is 24.8 Å². The number of carbonyl (C=O) groups excluding carboxylic acids is 3. The van der Waals surface area contributed by atoms with Gasteiger partial charge in [-0.1, -0.05) is 12.1 Å². The summed E-state index contributed by atoms with van der Waals surface area (Å²) in [5.41, 5.74) is 0. The van der Waals surface area contributed by atoms with Crippen molar-refractivity contribution in [2.75, 3.05) is 24.2 Å². The van der Waals surface area contributed by atoms with Crippen LogP contribution >= 0.6 is 11.8 Å². The highest BCUT2D eigenvalue weighted by molar-refractivity contribution is 8.01. The Hall–Kier alpha value is -2.03. The third-order valence-corrected chi connectivity index (χ3v) is 5.45. The minimum absolute atomic E-state index is 0.00799. The monoisotopic (exact) mass is 396 g/mol. The SMILES string of the molecule is CCCC(=O)NC1CCCN(C(=O)CSC(C)C(=O)Nc2cc(C)on2)C1. The second-order valence-corrected chi connectivity index (χ2v) is 8.09. The van der Waals surface area contributed by atoms with E-state index in [9.17, 15) is 14.4 Å². The lowest BCUT2D eigenvalue weighted by atomic mass is 10.1. The van der Waals surface area contributed by atoms with E-state index < -0.39 is 5.25 Å². The van der Waals surface area contributed by atoms with Crippen LogP contribution in [0.5, 0.6) is 0 Å². The molecule has 1 fully saturated rings. The summed E-state index contributed by atoms with van der Waals surface area (Å²) in [7, 11) is 0. The summed E-state index contributed by atoms with van der Waals surface area (Å²) in [5.74, 6) is 1.03. The molecule has 1 aliphatic rings. The molecule has 1 aromatic heterocycles. The fourth-order valence-electron chi connectivity index (χ4n) is 2.86. The number of thioether (sulfide) groups is 1. The van der Waals surface area contributed by atoms with Crippen molar-refractivity contribution in [2.45, 2.75) is 57.7 Å². The molecule has 27 heavy (non-hydrogen) atoms. The number of nitrogens with one attached hydrogen (secondary N) is 2. The molecule has 0 radical (unpaired) electrons. The molecule has 0 spiro atoms. The van der Waals surface area contributed by atoms with E-state index >= 15 is 0 Å². The van der Waals surface area contributed by atoms with Crippen LogP contribution in [0.15, 0.2) is 10.6 Å². The summed E-state index contributed by atoms with van der Waals surface area (Å²) in [6.07, 6.45) is 3.08. The molecule has 2 N–H and O–H groups in total. The molecule has 2 heterocycles. The van der Waals surface area contributed by atoms with Crippen LogP contribution in [0.2, 0.25) is 0 Å². The molecule has 3 amide bonds. The number of rotatable bonds is 8. The van der Waals surface area contributed by atoms with Crippen LogP contribution in [-0.2, 0) is 14.4 Å². The Kier molecular flexibility index (Phi) is 8.15. The molecule has 0 aromatic carbocycles. The number of amides is 3. The van der Waals surface area contributed by atoms with Crippen LogP contribution in [0.3, 0.4) is 0 Å². The zero-order chi connectivity index (χ0) is 19.8. The molecule has 2 rings (SSSR count). The molecule has 0 bridgehead atoms. The first kappa shape index (κ1) is 21.3. The van der Waals surface area contributed by atoms with Crippen LogP contribution in [0.25, 0.3) is 0 Å². The summed E-state index contributed by atoms with van der Waals surface area (Å²) < 4.78 is 4.91. The Balaban J connectivity index is 1.75. The molecule has 2 atom stereocenters. The maximum absolute atomic E-state index is 12.5. The van der Waals surface area contributed by atoms with E-state index in [0.29, 0.717) is 31.1 Å². The van der Waals surface area contributed by atoms with Gasteiger partial charge in [-0.2, -0.15) is 0 Å². The minimum Gasteiger partial charge on any atom is -0.360 e. The van der Waals surface area contributed by atoms with Gasteiger partial charge in [-0.05, 0) is 33.1 Å². The summed E-state index contributed by atoms with van der Waals surface area (Å²) in [4.78, 5) is 38.2. The Bertz CT molecular complexity index is 664. The van der Waals surface area contributed by atoms with Gasteiger partial charge in [0.1, 0.15) is 5.76 Å². The first-order valence-electron chi connectivity index (χ1n) is 9.32. The highest BCUT2D eigenvalue weighted by Gasteiger charge is 2.25. The van der Waals surface area contributed by atoms with Crippen molar-refractivity contribution >= 4 is 35.3 Å². The van der Waals surface area contributed by atoms with Crippen molar-refractivity contribution in [3.8, 4) is 0 Å². The number of carbonyl (C=O) groups is 3. The number of anilines is 1. The first-order chi connectivity index (χ1) is 12.9. The number of hydrogen-bond acceptors (Lipinski definition) is 6. The average molecular weight is 397 g/mol. The van der Waals surface area contributed by atoms with Gasteiger partial charge in [0.25, 0.3) is 0 Å². The van der Waals surface area contributed by atoms with E-state index in [1.165, 1.54) is 11.8 Å². The number of piperidine rings is 1. The summed E-state index contributed by atoms with van der Waals surface area (Å²) in [5, 5.41) is 9.00. The molecule has 0 saturated carbocycles. The van der Waals surface area contributed by atoms with E-state index in [1.807, 2.05) is 6.92 Å². The molecule has 1 saturated heterocycles. The molecule has 8 nitrogen and oxygen atoms in total. The van der Waals surface area contributed by atoms with Gasteiger partial charge < -0.3 is 20.1 Å². The zero-order valence-corrected chi connectivity index (χ0v) is 16.9. The predicted octanol–water partition coefficient (Wildman–Crippen LogP) is 1.95. The minimum atomic E-state index is -0.393. The third-order valence-electron chi connectivity index (χ3n) is 4.32. The Morgan fingerprint density at radius 3 is 2.89 bits per heavy atom. The maximum Gasteiger partial charge on any atom is 0.238 e. The van der Waals surface area contributed by atoms with Crippen molar-refractivity contribution < 1.29 is 18.9 Å². The molecule has 150 valence electrons. The van der Waals surface area contributed by atoms with Crippen LogP contribution < -0.4 is 10.6 Å². The zero-order valence-electron chi connectivity index (χ0n) is 16.1. The normalized spacial score (nSPS) is 18.0. The highest BCUT2D eigenvalue weighted by Crippen LogP contribution is 2.17. The smallest absolute Gasteiger partial charge is 0.238 e. The topological polar surface area (TPSA) is 105 Å². The largest absolute Gasteiger partial charge is 0.360 e. The molecule has 2 unspecified atom stereocenters. The van der Waals surface area contributed by atoms with Gasteiger partial charge in [0.05, 0.1) is 11.0 Å². The lowest BCUT2D eigenvalue weighted by Crippen LogP contribution is -2.50. The van der Waals surface area contributed by atoms with Crippen molar-refractivity contribution in [3.05, 3.63) is 11.8 Å². The average Bonchev–Trinajstić information content (AvgIpc) is 3.04. The number of likely N-dealkylation sites (tertiary alicyclic amines) is 1. The van der Waals surface area contributed by atoms with Crippen molar-refractivity contribution in [3.63, 3.8) is 0 Å². The standard InChI is InChI=1S/C18H28N4O4S/c1-4-6-16(23)19-14-7-5-8-22(10-14)17(24)11-27-13(3)18(25)20-15-9-12(2)26-21-15/h9,13-14H,4-8,10-11H2,1-3H3,(H,19,23)(H,20,21,25). The van der Waals surface area contributed by atoms with E-state index in [2.05, 4.69) is 15.8 Å². The fraction of sp³-hybridized carbons (Fsp3) is 0.667. The Labute approximate surface area is 163 Å². The van der Waals surface area contributed by atoms with Crippen LogP contribution in [0.4, 0.5) is 5.82 Å². The van der Waals surface area contributed by atoms with Gasteiger partial charge in [0, 0.05) is 31.6 Å². The number of hydrogen-bond donors (Lipinski definition) is 2. The lowest BCUT2D eigenvalue weighted by molar-refractivity contribution is -0.131. The Morgan fingerprint density at radius 2 is 2.22 bits per heavy atom. The number of aryl methyl sites for hydroxylation is 1. The molecular formula is C18H28N4O4S. The van der Waals surface area contributed by atoms with Crippen LogP contribution in [0.1, 0.15) is 45.3 Å². The highest BCUT2D eigenvalue weighted by atomic mass is 32.2. The third kappa shape index (κ3) is 6.89.